The quantitative estimate of drug-likeness (QED) is 0.187. The van der Waals surface area contributed by atoms with Gasteiger partial charge < -0.3 is 0 Å². The Labute approximate surface area is 200 Å². The van der Waals surface area contributed by atoms with Gasteiger partial charge in [-0.3, -0.25) is 0 Å². The minimum absolute atomic E-state index is 0.530. The second-order valence-electron chi connectivity index (χ2n) is 8.09. The first-order chi connectivity index (χ1) is 16.5. The van der Waals surface area contributed by atoms with Gasteiger partial charge in [-0.2, -0.15) is 101 Å². The lowest BCUT2D eigenvalue weighted by Gasteiger charge is -2.45. The fourth-order valence-electron chi connectivity index (χ4n) is 2.50. The maximum absolute atomic E-state index is 13.7. The summed E-state index contributed by atoms with van der Waals surface area (Å²) in [6.07, 6.45) is -11.3. The summed E-state index contributed by atoms with van der Waals surface area (Å²) in [6, 6.07) is 0. The molecule has 1 unspecified atom stereocenters. The second-order valence-corrected chi connectivity index (χ2v) is 8.09. The fraction of sp³-hybridized carbons (Fsp3) is 1.00. The lowest BCUT2D eigenvalue weighted by Crippen LogP contribution is -2.77. The van der Waals surface area contributed by atoms with Crippen LogP contribution >= 0.6 is 0 Å². The smallest absolute Gasteiger partial charge is 0.200 e. The lowest BCUT2D eigenvalue weighted by molar-refractivity contribution is -0.478. The third-order valence-electron chi connectivity index (χ3n) is 5.27. The number of alkyl halides is 23. The topological polar surface area (TPSA) is 0 Å². The molecule has 1 atom stereocenters. The second kappa shape index (κ2) is 9.47. The average Bonchev–Trinajstić information content (AvgIpc) is 2.70. The molecule has 0 aliphatic heterocycles. The highest BCUT2D eigenvalue weighted by Crippen LogP contribution is 2.67. The van der Waals surface area contributed by atoms with Gasteiger partial charge in [0.15, 0.2) is 0 Å². The van der Waals surface area contributed by atoms with E-state index in [-0.39, 0.29) is 0 Å². The Morgan fingerprint density at radius 3 is 0.769 bits per heavy atom. The van der Waals surface area contributed by atoms with Crippen molar-refractivity contribution in [1.82, 2.24) is 0 Å². The molecule has 0 rings (SSSR count). The van der Waals surface area contributed by atoms with Gasteiger partial charge in [0.05, 0.1) is 0 Å². The van der Waals surface area contributed by atoms with Crippen molar-refractivity contribution >= 4 is 0 Å². The zero-order valence-electron chi connectivity index (χ0n) is 18.2. The van der Waals surface area contributed by atoms with Gasteiger partial charge in [0.2, 0.25) is 0 Å². The van der Waals surface area contributed by atoms with Gasteiger partial charge in [0.1, 0.15) is 0 Å². The molecular formula is C16H11F23. The lowest BCUT2D eigenvalue weighted by atomic mass is 9.84. The van der Waals surface area contributed by atoms with E-state index in [4.69, 9.17) is 0 Å². The van der Waals surface area contributed by atoms with Crippen LogP contribution in [0, 0.1) is 5.92 Å². The normalized spacial score (nSPS) is 17.5. The van der Waals surface area contributed by atoms with Crippen LogP contribution in [0.2, 0.25) is 0 Å². The molecule has 0 aromatic carbocycles. The molecule has 0 saturated heterocycles. The van der Waals surface area contributed by atoms with Crippen LogP contribution in [-0.2, 0) is 0 Å². The van der Waals surface area contributed by atoms with Crippen molar-refractivity contribution in [2.24, 2.45) is 5.92 Å². The summed E-state index contributed by atoms with van der Waals surface area (Å²) in [5.41, 5.74) is 0. The van der Waals surface area contributed by atoms with Gasteiger partial charge in [-0.05, 0) is 5.92 Å². The standard InChI is InChI=1S/C16H11F23/c1-3-5(2)4-6(17,18)7(19,20)8(21,22)9(23,24)10(25,26)11(27,28)12(29,30)13(31,32)14(33,34)15(35,36)16(37,38)39/h5H,3-4H2,1-2H3. The van der Waals surface area contributed by atoms with E-state index in [2.05, 4.69) is 0 Å². The minimum Gasteiger partial charge on any atom is -0.200 e. The first-order valence-corrected chi connectivity index (χ1v) is 9.30. The summed E-state index contributed by atoms with van der Waals surface area (Å²) < 4.78 is 305. The Hall–Kier alpha value is -1.61. The highest BCUT2D eigenvalue weighted by atomic mass is 19.4. The molecule has 0 aliphatic rings. The molecule has 236 valence electrons. The van der Waals surface area contributed by atoms with Crippen LogP contribution in [0.25, 0.3) is 0 Å². The Bertz CT molecular complexity index is 862. The molecule has 0 amide bonds. The van der Waals surface area contributed by atoms with Gasteiger partial charge in [-0.25, -0.2) is 0 Å². The van der Waals surface area contributed by atoms with E-state index in [9.17, 15) is 101 Å². The summed E-state index contributed by atoms with van der Waals surface area (Å²) in [5.74, 6) is -88.7. The van der Waals surface area contributed by atoms with Crippen LogP contribution in [-0.4, -0.2) is 65.4 Å². The average molecular weight is 640 g/mol. The largest absolute Gasteiger partial charge is 0.460 e. The molecule has 0 bridgehead atoms. The molecule has 39 heavy (non-hydrogen) atoms. The van der Waals surface area contributed by atoms with Crippen molar-refractivity contribution in [3.8, 4) is 0 Å². The zero-order valence-corrected chi connectivity index (χ0v) is 18.2. The van der Waals surface area contributed by atoms with E-state index in [0.29, 0.717) is 6.92 Å². The van der Waals surface area contributed by atoms with Crippen molar-refractivity contribution in [2.75, 3.05) is 0 Å². The molecule has 0 spiro atoms. The van der Waals surface area contributed by atoms with E-state index in [1.54, 1.807) is 0 Å². The zero-order chi connectivity index (χ0) is 32.5. The Kier molecular flexibility index (Phi) is 9.07. The molecule has 0 saturated carbocycles. The van der Waals surface area contributed by atoms with E-state index < -0.39 is 84.2 Å². The van der Waals surface area contributed by atoms with E-state index in [1.165, 1.54) is 0 Å². The number of hydrogen-bond donors (Lipinski definition) is 0. The predicted molar refractivity (Wildman–Crippen MR) is 79.6 cm³/mol. The SMILES string of the molecule is CCC(C)CC(F)(F)C(F)(F)C(F)(F)C(F)(F)C(F)(F)C(F)(F)C(F)(F)C(F)(F)C(F)(F)C(F)(F)C(F)(F)F. The van der Waals surface area contributed by atoms with Gasteiger partial charge >= 0.3 is 65.4 Å². The van der Waals surface area contributed by atoms with E-state index >= 15 is 0 Å². The van der Waals surface area contributed by atoms with Crippen molar-refractivity contribution in [3.05, 3.63) is 0 Å². The first kappa shape index (κ1) is 37.4. The van der Waals surface area contributed by atoms with Crippen molar-refractivity contribution in [1.29, 1.82) is 0 Å². The molecule has 0 fully saturated rings. The van der Waals surface area contributed by atoms with E-state index in [1.807, 2.05) is 0 Å². The molecule has 0 heterocycles. The number of rotatable bonds is 12. The van der Waals surface area contributed by atoms with Gasteiger partial charge in [0.25, 0.3) is 0 Å². The molecule has 0 aromatic rings. The van der Waals surface area contributed by atoms with Crippen molar-refractivity contribution < 1.29 is 101 Å². The summed E-state index contributed by atoms with van der Waals surface area (Å²) in [7, 11) is 0. The summed E-state index contributed by atoms with van der Waals surface area (Å²) in [6.45, 7) is 1.41. The first-order valence-electron chi connectivity index (χ1n) is 9.30. The van der Waals surface area contributed by atoms with Crippen LogP contribution < -0.4 is 0 Å². The summed E-state index contributed by atoms with van der Waals surface area (Å²) in [4.78, 5) is 0. The van der Waals surface area contributed by atoms with Crippen LogP contribution in [0.5, 0.6) is 0 Å². The summed E-state index contributed by atoms with van der Waals surface area (Å²) in [5, 5.41) is 0. The highest BCUT2D eigenvalue weighted by Gasteiger charge is 2.98. The molecule has 0 aliphatic carbocycles. The van der Waals surface area contributed by atoms with Gasteiger partial charge in [-0.15, -0.1) is 0 Å². The third-order valence-corrected chi connectivity index (χ3v) is 5.27. The van der Waals surface area contributed by atoms with E-state index in [0.717, 1.165) is 6.92 Å². The fourth-order valence-corrected chi connectivity index (χ4v) is 2.50. The molecule has 0 nitrogen and oxygen atoms in total. The third kappa shape index (κ3) is 4.73. The molecular weight excluding hydrogens is 629 g/mol. The van der Waals surface area contributed by atoms with Gasteiger partial charge in [-0.1, -0.05) is 20.3 Å². The van der Waals surface area contributed by atoms with Crippen molar-refractivity contribution in [2.45, 2.75) is 92.1 Å². The minimum atomic E-state index is -9.36. The Morgan fingerprint density at radius 1 is 0.359 bits per heavy atom. The number of hydrogen-bond acceptors (Lipinski definition) is 0. The molecule has 0 radical (unpaired) electrons. The maximum Gasteiger partial charge on any atom is 0.460 e. The predicted octanol–water partition coefficient (Wildman–Crippen LogP) is 9.34. The van der Waals surface area contributed by atoms with Crippen LogP contribution in [0.1, 0.15) is 26.7 Å². The summed E-state index contributed by atoms with van der Waals surface area (Å²) >= 11 is 0. The maximum atomic E-state index is 13.7. The van der Waals surface area contributed by atoms with Crippen LogP contribution in [0.15, 0.2) is 0 Å². The van der Waals surface area contributed by atoms with Crippen molar-refractivity contribution in [3.63, 3.8) is 0 Å². The highest BCUT2D eigenvalue weighted by molar-refractivity contribution is 5.19. The molecule has 23 heteroatoms. The number of halogens is 23. The van der Waals surface area contributed by atoms with Crippen LogP contribution in [0.4, 0.5) is 101 Å². The Balaban J connectivity index is 7.16. The van der Waals surface area contributed by atoms with Gasteiger partial charge in [0, 0.05) is 6.42 Å². The molecule has 0 N–H and O–H groups in total. The Morgan fingerprint density at radius 2 is 0.564 bits per heavy atom. The molecule has 0 aromatic heterocycles. The monoisotopic (exact) mass is 640 g/mol. The van der Waals surface area contributed by atoms with Crippen LogP contribution in [0.3, 0.4) is 0 Å².